The summed E-state index contributed by atoms with van der Waals surface area (Å²) >= 11 is 0. The van der Waals surface area contributed by atoms with Gasteiger partial charge in [0, 0.05) is 0 Å². The lowest BCUT2D eigenvalue weighted by molar-refractivity contribution is 0.241. The van der Waals surface area contributed by atoms with Gasteiger partial charge in [0.25, 0.3) is 0 Å². The molecule has 0 bridgehead atoms. The molecule has 1 heterocycles. The normalized spacial score (nSPS) is 27.1. The van der Waals surface area contributed by atoms with Crippen LogP contribution in [0.25, 0.3) is 0 Å². The maximum Gasteiger partial charge on any atom is 0.107 e. The van der Waals surface area contributed by atoms with Crippen LogP contribution in [0.4, 0.5) is 0 Å². The van der Waals surface area contributed by atoms with Crippen molar-refractivity contribution in [3.8, 4) is 0 Å². The molecule has 12 heavy (non-hydrogen) atoms. The van der Waals surface area contributed by atoms with E-state index in [1.54, 1.807) is 0 Å². The van der Waals surface area contributed by atoms with Crippen molar-refractivity contribution < 1.29 is 9.84 Å². The standard InChI is InChI=1S/C10H18O2/c1-2-3-4-5-6-7-9-10(8-11)12-9/h2,9-11H,1,3-8H2/t9-,10-/m1/s1. The molecule has 0 aromatic heterocycles. The van der Waals surface area contributed by atoms with Crippen molar-refractivity contribution in [1.29, 1.82) is 0 Å². The van der Waals surface area contributed by atoms with Crippen molar-refractivity contribution in [3.05, 3.63) is 12.7 Å². The predicted molar refractivity (Wildman–Crippen MR) is 49.0 cm³/mol. The number of aliphatic hydroxyl groups excluding tert-OH is 1. The Bertz CT molecular complexity index is 134. The fourth-order valence-electron chi connectivity index (χ4n) is 1.40. The minimum atomic E-state index is 0.157. The zero-order valence-electron chi connectivity index (χ0n) is 7.54. The van der Waals surface area contributed by atoms with Gasteiger partial charge in [-0.3, -0.25) is 0 Å². The first-order chi connectivity index (χ1) is 5.88. The molecule has 2 atom stereocenters. The van der Waals surface area contributed by atoms with E-state index in [1.807, 2.05) is 6.08 Å². The fourth-order valence-corrected chi connectivity index (χ4v) is 1.40. The summed E-state index contributed by atoms with van der Waals surface area (Å²) in [7, 11) is 0. The highest BCUT2D eigenvalue weighted by Crippen LogP contribution is 2.26. The van der Waals surface area contributed by atoms with Crippen LogP contribution in [0.2, 0.25) is 0 Å². The third-order valence-electron chi connectivity index (χ3n) is 2.26. The molecule has 0 radical (unpaired) electrons. The Morgan fingerprint density at radius 1 is 1.25 bits per heavy atom. The van der Waals surface area contributed by atoms with Gasteiger partial charge in [0.2, 0.25) is 0 Å². The van der Waals surface area contributed by atoms with Gasteiger partial charge in [-0.25, -0.2) is 0 Å². The third-order valence-corrected chi connectivity index (χ3v) is 2.26. The van der Waals surface area contributed by atoms with Crippen LogP contribution in [0.3, 0.4) is 0 Å². The van der Waals surface area contributed by atoms with E-state index in [2.05, 4.69) is 6.58 Å². The van der Waals surface area contributed by atoms with Gasteiger partial charge in [-0.15, -0.1) is 6.58 Å². The lowest BCUT2D eigenvalue weighted by Crippen LogP contribution is -1.98. The summed E-state index contributed by atoms with van der Waals surface area (Å²) in [6.07, 6.45) is 8.42. The van der Waals surface area contributed by atoms with E-state index < -0.39 is 0 Å². The van der Waals surface area contributed by atoms with Crippen LogP contribution in [-0.2, 0) is 4.74 Å². The molecule has 0 aliphatic carbocycles. The lowest BCUT2D eigenvalue weighted by Gasteiger charge is -1.95. The van der Waals surface area contributed by atoms with Gasteiger partial charge >= 0.3 is 0 Å². The topological polar surface area (TPSA) is 32.8 Å². The fraction of sp³-hybridized carbons (Fsp3) is 0.800. The smallest absolute Gasteiger partial charge is 0.107 e. The molecule has 0 saturated carbocycles. The van der Waals surface area contributed by atoms with Gasteiger partial charge in [0.15, 0.2) is 0 Å². The summed E-state index contributed by atoms with van der Waals surface area (Å²) in [5.41, 5.74) is 0. The molecule has 1 aliphatic rings. The van der Waals surface area contributed by atoms with Crippen LogP contribution in [0, 0.1) is 0 Å². The number of hydrogen-bond acceptors (Lipinski definition) is 2. The number of hydrogen-bond donors (Lipinski definition) is 1. The monoisotopic (exact) mass is 170 g/mol. The molecule has 0 unspecified atom stereocenters. The maximum atomic E-state index is 8.68. The molecule has 70 valence electrons. The number of unbranched alkanes of at least 4 members (excludes halogenated alkanes) is 3. The number of epoxide rings is 1. The highest BCUT2D eigenvalue weighted by atomic mass is 16.6. The third kappa shape index (κ3) is 3.37. The number of aliphatic hydroxyl groups is 1. The molecule has 1 rings (SSSR count). The highest BCUT2D eigenvalue weighted by molar-refractivity contribution is 4.83. The van der Waals surface area contributed by atoms with Crippen molar-refractivity contribution in [2.75, 3.05) is 6.61 Å². The number of rotatable bonds is 7. The Morgan fingerprint density at radius 3 is 2.67 bits per heavy atom. The first-order valence-corrected chi connectivity index (χ1v) is 4.75. The van der Waals surface area contributed by atoms with E-state index in [4.69, 9.17) is 9.84 Å². The van der Waals surface area contributed by atoms with Crippen LogP contribution in [0.15, 0.2) is 12.7 Å². The van der Waals surface area contributed by atoms with E-state index >= 15 is 0 Å². The summed E-state index contributed by atoms with van der Waals surface area (Å²) in [6.45, 7) is 3.87. The van der Waals surface area contributed by atoms with Crippen molar-refractivity contribution in [3.63, 3.8) is 0 Å². The average Bonchev–Trinajstić information content (AvgIpc) is 2.83. The van der Waals surface area contributed by atoms with Crippen molar-refractivity contribution in [1.82, 2.24) is 0 Å². The summed E-state index contributed by atoms with van der Waals surface area (Å²) < 4.78 is 5.20. The second kappa shape index (κ2) is 5.33. The molecule has 0 aromatic rings. The van der Waals surface area contributed by atoms with Crippen LogP contribution < -0.4 is 0 Å². The van der Waals surface area contributed by atoms with Gasteiger partial charge in [-0.1, -0.05) is 18.9 Å². The Balaban J connectivity index is 1.81. The van der Waals surface area contributed by atoms with Crippen molar-refractivity contribution >= 4 is 0 Å². The number of allylic oxidation sites excluding steroid dienone is 1. The summed E-state index contributed by atoms with van der Waals surface area (Å²) in [6, 6.07) is 0. The molecule has 1 saturated heterocycles. The SMILES string of the molecule is C=CCCCCC[C@H]1O[C@@H]1CO. The second-order valence-electron chi connectivity index (χ2n) is 3.32. The van der Waals surface area contributed by atoms with Crippen LogP contribution >= 0.6 is 0 Å². The van der Waals surface area contributed by atoms with Crippen molar-refractivity contribution in [2.24, 2.45) is 0 Å². The first-order valence-electron chi connectivity index (χ1n) is 4.75. The zero-order chi connectivity index (χ0) is 8.81. The quantitative estimate of drug-likeness (QED) is 0.359. The van der Waals surface area contributed by atoms with Crippen LogP contribution in [0.1, 0.15) is 32.1 Å². The zero-order valence-corrected chi connectivity index (χ0v) is 7.54. The molecule has 0 amide bonds. The molecule has 1 N–H and O–H groups in total. The second-order valence-corrected chi connectivity index (χ2v) is 3.32. The summed E-state index contributed by atoms with van der Waals surface area (Å²) in [5, 5.41) is 8.68. The van der Waals surface area contributed by atoms with Gasteiger partial charge in [0.05, 0.1) is 12.7 Å². The van der Waals surface area contributed by atoms with E-state index in [-0.39, 0.29) is 12.7 Å². The van der Waals surface area contributed by atoms with Crippen LogP contribution in [0.5, 0.6) is 0 Å². The Kier molecular flexibility index (Phi) is 4.33. The minimum absolute atomic E-state index is 0.157. The van der Waals surface area contributed by atoms with E-state index in [1.165, 1.54) is 19.3 Å². The molecule has 2 heteroatoms. The first kappa shape index (κ1) is 9.75. The largest absolute Gasteiger partial charge is 0.394 e. The summed E-state index contributed by atoms with van der Waals surface area (Å²) in [4.78, 5) is 0. The summed E-state index contributed by atoms with van der Waals surface area (Å²) in [5.74, 6) is 0. The van der Waals surface area contributed by atoms with Crippen LogP contribution in [-0.4, -0.2) is 23.9 Å². The van der Waals surface area contributed by atoms with Gasteiger partial charge in [0.1, 0.15) is 6.10 Å². The van der Waals surface area contributed by atoms with E-state index in [0.29, 0.717) is 6.10 Å². The lowest BCUT2D eigenvalue weighted by atomic mass is 10.1. The molecule has 0 spiro atoms. The Hall–Kier alpha value is -0.340. The average molecular weight is 170 g/mol. The predicted octanol–water partition coefficient (Wildman–Crippen LogP) is 1.88. The molecule has 0 aromatic carbocycles. The van der Waals surface area contributed by atoms with E-state index in [0.717, 1.165) is 12.8 Å². The van der Waals surface area contributed by atoms with E-state index in [9.17, 15) is 0 Å². The molecule has 1 fully saturated rings. The molecule has 1 aliphatic heterocycles. The van der Waals surface area contributed by atoms with Gasteiger partial charge < -0.3 is 9.84 Å². The Morgan fingerprint density at radius 2 is 2.08 bits per heavy atom. The molecule has 2 nitrogen and oxygen atoms in total. The van der Waals surface area contributed by atoms with Gasteiger partial charge in [-0.05, 0) is 19.3 Å². The Labute approximate surface area is 74.2 Å². The number of ether oxygens (including phenoxy) is 1. The highest BCUT2D eigenvalue weighted by Gasteiger charge is 2.36. The molecular formula is C10H18O2. The maximum absolute atomic E-state index is 8.68. The van der Waals surface area contributed by atoms with Crippen molar-refractivity contribution in [2.45, 2.75) is 44.3 Å². The molecular weight excluding hydrogens is 152 g/mol. The minimum Gasteiger partial charge on any atom is -0.394 e. The van der Waals surface area contributed by atoms with Gasteiger partial charge in [-0.2, -0.15) is 0 Å².